The van der Waals surface area contributed by atoms with Gasteiger partial charge in [-0.15, -0.1) is 0 Å². The van der Waals surface area contributed by atoms with Gasteiger partial charge in [0, 0.05) is 24.5 Å². The zero-order chi connectivity index (χ0) is 15.6. The third-order valence-electron chi connectivity index (χ3n) is 2.67. The highest BCUT2D eigenvalue weighted by Crippen LogP contribution is 2.27. The molecule has 2 heterocycles. The van der Waals surface area contributed by atoms with Crippen LogP contribution in [0.2, 0.25) is 0 Å². The van der Waals surface area contributed by atoms with Gasteiger partial charge in [-0.25, -0.2) is 17.9 Å². The van der Waals surface area contributed by atoms with Gasteiger partial charge >= 0.3 is 5.97 Å². The van der Waals surface area contributed by atoms with Gasteiger partial charge in [0.25, 0.3) is 0 Å². The Morgan fingerprint density at radius 3 is 2.76 bits per heavy atom. The normalized spacial score (nSPS) is 13.0. The molecule has 1 unspecified atom stereocenters. The van der Waals surface area contributed by atoms with E-state index in [9.17, 15) is 13.2 Å². The minimum Gasteiger partial charge on any atom is -0.475 e. The van der Waals surface area contributed by atoms with Crippen LogP contribution in [0.25, 0.3) is 0 Å². The topological polar surface area (TPSA) is 110 Å². The van der Waals surface area contributed by atoms with Crippen molar-refractivity contribution in [2.45, 2.75) is 17.9 Å². The van der Waals surface area contributed by atoms with E-state index in [0.717, 1.165) is 6.07 Å². The van der Waals surface area contributed by atoms with Gasteiger partial charge in [-0.3, -0.25) is 4.98 Å². The average molecular weight is 375 g/mol. The largest absolute Gasteiger partial charge is 0.475 e. The van der Waals surface area contributed by atoms with Crippen molar-refractivity contribution < 1.29 is 22.7 Å². The summed E-state index contributed by atoms with van der Waals surface area (Å²) in [6.45, 7) is 1.65. The zero-order valence-corrected chi connectivity index (χ0v) is 13.2. The lowest BCUT2D eigenvalue weighted by Crippen LogP contribution is -2.26. The van der Waals surface area contributed by atoms with Crippen LogP contribution in [0.4, 0.5) is 0 Å². The first-order valence-corrected chi connectivity index (χ1v) is 8.04. The predicted octanol–water partition coefficient (Wildman–Crippen LogP) is 2.17. The van der Waals surface area contributed by atoms with E-state index >= 15 is 0 Å². The number of rotatable bonds is 5. The van der Waals surface area contributed by atoms with E-state index in [-0.39, 0.29) is 9.56 Å². The zero-order valence-electron chi connectivity index (χ0n) is 10.8. The summed E-state index contributed by atoms with van der Waals surface area (Å²) in [7, 11) is -3.93. The third-order valence-corrected chi connectivity index (χ3v) is 5.07. The summed E-state index contributed by atoms with van der Waals surface area (Å²) in [6.07, 6.45) is 3.12. The number of nitrogens with zero attached hydrogens (tertiary/aromatic N) is 1. The average Bonchev–Trinajstić information content (AvgIpc) is 2.82. The molecule has 0 saturated carbocycles. The standard InChI is InChI=1S/C12H11BrN2O5S/c1-7(8-3-2-4-14-6-8)15-21(18,19)10-5-9(12(16)17)20-11(10)13/h2-7,15H,1H3,(H,16,17). The summed E-state index contributed by atoms with van der Waals surface area (Å²) < 4.78 is 31.6. The Balaban J connectivity index is 2.29. The smallest absolute Gasteiger partial charge is 0.371 e. The van der Waals surface area contributed by atoms with E-state index in [0.29, 0.717) is 5.56 Å². The number of carboxylic acids is 1. The maximum absolute atomic E-state index is 12.3. The van der Waals surface area contributed by atoms with Crippen molar-refractivity contribution >= 4 is 31.9 Å². The third kappa shape index (κ3) is 3.49. The van der Waals surface area contributed by atoms with Crippen LogP contribution in [0.15, 0.2) is 44.6 Å². The van der Waals surface area contributed by atoms with Crippen LogP contribution < -0.4 is 4.72 Å². The summed E-state index contributed by atoms with van der Waals surface area (Å²) in [6, 6.07) is 3.84. The van der Waals surface area contributed by atoms with Crippen molar-refractivity contribution in [1.82, 2.24) is 9.71 Å². The molecule has 0 spiro atoms. The van der Waals surface area contributed by atoms with Crippen molar-refractivity contribution in [1.29, 1.82) is 0 Å². The number of halogens is 1. The highest BCUT2D eigenvalue weighted by atomic mass is 79.9. The molecule has 2 rings (SSSR count). The lowest BCUT2D eigenvalue weighted by atomic mass is 10.2. The fraction of sp³-hybridized carbons (Fsp3) is 0.167. The molecule has 9 heteroatoms. The Morgan fingerprint density at radius 2 is 2.24 bits per heavy atom. The van der Waals surface area contributed by atoms with Gasteiger partial charge in [0.2, 0.25) is 15.8 Å². The molecule has 1 atom stereocenters. The molecule has 0 aliphatic rings. The van der Waals surface area contributed by atoms with Gasteiger partial charge in [0.05, 0.1) is 0 Å². The summed E-state index contributed by atoms with van der Waals surface area (Å²) in [5, 5.41) is 8.81. The number of hydrogen-bond acceptors (Lipinski definition) is 5. The van der Waals surface area contributed by atoms with E-state index in [1.165, 1.54) is 0 Å². The minimum atomic E-state index is -3.93. The van der Waals surface area contributed by atoms with E-state index in [4.69, 9.17) is 9.52 Å². The predicted molar refractivity (Wildman–Crippen MR) is 76.3 cm³/mol. The van der Waals surface area contributed by atoms with Gasteiger partial charge in [-0.2, -0.15) is 0 Å². The number of nitrogens with one attached hydrogen (secondary N) is 1. The van der Waals surface area contributed by atoms with Gasteiger partial charge in [0.1, 0.15) is 4.90 Å². The van der Waals surface area contributed by atoms with Crippen LogP contribution >= 0.6 is 15.9 Å². The Labute approximate surface area is 129 Å². The van der Waals surface area contributed by atoms with Crippen LogP contribution in [0.5, 0.6) is 0 Å². The molecule has 2 N–H and O–H groups in total. The molecular formula is C12H11BrN2O5S. The second-order valence-electron chi connectivity index (χ2n) is 4.18. The molecule has 0 amide bonds. The highest BCUT2D eigenvalue weighted by Gasteiger charge is 2.26. The van der Waals surface area contributed by atoms with Crippen molar-refractivity contribution in [3.8, 4) is 0 Å². The van der Waals surface area contributed by atoms with Gasteiger partial charge in [0.15, 0.2) is 4.67 Å². The SMILES string of the molecule is CC(NS(=O)(=O)c1cc(C(=O)O)oc1Br)c1cccnc1. The summed E-state index contributed by atoms with van der Waals surface area (Å²) >= 11 is 2.91. The molecule has 0 aliphatic heterocycles. The number of furan rings is 1. The first-order chi connectivity index (χ1) is 9.81. The Bertz CT molecular complexity index is 757. The van der Waals surface area contributed by atoms with E-state index in [1.54, 1.807) is 31.5 Å². The highest BCUT2D eigenvalue weighted by molar-refractivity contribution is 9.10. The second-order valence-corrected chi connectivity index (χ2v) is 6.59. The van der Waals surface area contributed by atoms with E-state index < -0.39 is 27.8 Å². The molecule has 0 saturated heterocycles. The number of carboxylic acid groups (broad SMARTS) is 1. The number of aromatic carboxylic acids is 1. The maximum atomic E-state index is 12.3. The Kier molecular flexibility index (Phi) is 4.45. The molecule has 21 heavy (non-hydrogen) atoms. The molecule has 2 aromatic heterocycles. The molecule has 0 bridgehead atoms. The lowest BCUT2D eigenvalue weighted by molar-refractivity contribution is 0.0661. The molecule has 0 fully saturated rings. The molecule has 0 radical (unpaired) electrons. The first kappa shape index (κ1) is 15.7. The molecule has 2 aromatic rings. The fourth-order valence-electron chi connectivity index (χ4n) is 1.64. The van der Waals surface area contributed by atoms with Gasteiger partial charge in [-0.1, -0.05) is 6.07 Å². The number of sulfonamides is 1. The molecule has 0 aliphatic carbocycles. The van der Waals surface area contributed by atoms with Crippen LogP contribution in [0.3, 0.4) is 0 Å². The van der Waals surface area contributed by atoms with Crippen LogP contribution in [-0.2, 0) is 10.0 Å². The molecule has 7 nitrogen and oxygen atoms in total. The van der Waals surface area contributed by atoms with Crippen LogP contribution in [0, 0.1) is 0 Å². The summed E-state index contributed by atoms with van der Waals surface area (Å²) in [5.74, 6) is -1.81. The fourth-order valence-corrected chi connectivity index (χ4v) is 3.81. The number of aromatic nitrogens is 1. The van der Waals surface area contributed by atoms with Gasteiger partial charge in [-0.05, 0) is 34.5 Å². The van der Waals surface area contributed by atoms with Gasteiger partial charge < -0.3 is 9.52 Å². The number of pyridine rings is 1. The van der Waals surface area contributed by atoms with E-state index in [2.05, 4.69) is 25.6 Å². The molecule has 112 valence electrons. The maximum Gasteiger partial charge on any atom is 0.371 e. The summed E-state index contributed by atoms with van der Waals surface area (Å²) in [5.41, 5.74) is 0.680. The quantitative estimate of drug-likeness (QED) is 0.829. The van der Waals surface area contributed by atoms with Crippen molar-refractivity contribution in [3.05, 3.63) is 46.6 Å². The van der Waals surface area contributed by atoms with Crippen LogP contribution in [-0.4, -0.2) is 24.5 Å². The molecule has 0 aromatic carbocycles. The van der Waals surface area contributed by atoms with Crippen LogP contribution in [0.1, 0.15) is 29.1 Å². The van der Waals surface area contributed by atoms with Crippen molar-refractivity contribution in [2.75, 3.05) is 0 Å². The van der Waals surface area contributed by atoms with E-state index in [1.807, 2.05) is 0 Å². The Hall–Kier alpha value is -1.71. The summed E-state index contributed by atoms with van der Waals surface area (Å²) in [4.78, 5) is 14.4. The monoisotopic (exact) mass is 374 g/mol. The number of hydrogen-bond donors (Lipinski definition) is 2. The number of carbonyl (C=O) groups is 1. The van der Waals surface area contributed by atoms with Crippen molar-refractivity contribution in [3.63, 3.8) is 0 Å². The minimum absolute atomic E-state index is 0.161. The first-order valence-electron chi connectivity index (χ1n) is 5.76. The Morgan fingerprint density at radius 1 is 1.52 bits per heavy atom. The molecular weight excluding hydrogens is 364 g/mol. The van der Waals surface area contributed by atoms with Crippen molar-refractivity contribution in [2.24, 2.45) is 0 Å². The second kappa shape index (κ2) is 5.96. The lowest BCUT2D eigenvalue weighted by Gasteiger charge is -2.13.